The molecular formula is C8H14N4O4. The molecule has 8 heteroatoms. The van der Waals surface area contributed by atoms with Crippen molar-refractivity contribution >= 4 is 11.5 Å². The molecule has 8 nitrogen and oxygen atoms in total. The van der Waals surface area contributed by atoms with E-state index in [2.05, 4.69) is 5.10 Å². The van der Waals surface area contributed by atoms with E-state index in [-0.39, 0.29) is 37.8 Å². The molecule has 90 valence electrons. The lowest BCUT2D eigenvalue weighted by atomic mass is 10.4. The smallest absolute Gasteiger partial charge is 0.330 e. The molecule has 0 saturated heterocycles. The first-order valence-corrected chi connectivity index (χ1v) is 4.74. The monoisotopic (exact) mass is 230 g/mol. The lowest BCUT2D eigenvalue weighted by Crippen LogP contribution is -2.30. The van der Waals surface area contributed by atoms with E-state index in [1.54, 1.807) is 7.05 Å². The number of rotatable bonds is 6. The van der Waals surface area contributed by atoms with Gasteiger partial charge in [0.15, 0.2) is 0 Å². The molecule has 0 aliphatic heterocycles. The van der Waals surface area contributed by atoms with E-state index in [1.807, 2.05) is 0 Å². The minimum atomic E-state index is -0.538. The van der Waals surface area contributed by atoms with Crippen LogP contribution in [0.1, 0.15) is 0 Å². The molecule has 0 radical (unpaired) electrons. The van der Waals surface area contributed by atoms with Crippen molar-refractivity contribution in [2.24, 2.45) is 7.05 Å². The van der Waals surface area contributed by atoms with Gasteiger partial charge >= 0.3 is 5.69 Å². The van der Waals surface area contributed by atoms with E-state index in [0.717, 1.165) is 0 Å². The van der Waals surface area contributed by atoms with Gasteiger partial charge in [0, 0.05) is 20.1 Å². The van der Waals surface area contributed by atoms with Gasteiger partial charge in [0.1, 0.15) is 6.20 Å². The first-order chi connectivity index (χ1) is 7.60. The SMILES string of the molecule is Cn1cc([N+](=O)[O-])c(N(CCO)CCO)n1. The predicted molar refractivity (Wildman–Crippen MR) is 56.2 cm³/mol. The number of anilines is 1. The van der Waals surface area contributed by atoms with Crippen LogP contribution in [0.25, 0.3) is 0 Å². The maximum absolute atomic E-state index is 10.7. The van der Waals surface area contributed by atoms with Crippen LogP contribution >= 0.6 is 0 Å². The summed E-state index contributed by atoms with van der Waals surface area (Å²) in [7, 11) is 1.58. The molecule has 1 rings (SSSR count). The van der Waals surface area contributed by atoms with Gasteiger partial charge in [0.2, 0.25) is 5.82 Å². The number of aliphatic hydroxyl groups is 2. The minimum Gasteiger partial charge on any atom is -0.395 e. The highest BCUT2D eigenvalue weighted by molar-refractivity contribution is 5.56. The van der Waals surface area contributed by atoms with Crippen LogP contribution in [0.4, 0.5) is 11.5 Å². The topological polar surface area (TPSA) is 105 Å². The zero-order chi connectivity index (χ0) is 12.1. The summed E-state index contributed by atoms with van der Waals surface area (Å²) in [6.45, 7) is 0.0677. The second-order valence-electron chi connectivity index (χ2n) is 3.20. The summed E-state index contributed by atoms with van der Waals surface area (Å²) in [5.41, 5.74) is -0.135. The van der Waals surface area contributed by atoms with E-state index in [0.29, 0.717) is 0 Å². The van der Waals surface area contributed by atoms with E-state index < -0.39 is 4.92 Å². The summed E-state index contributed by atoms with van der Waals surface area (Å²) in [6, 6.07) is 0. The third-order valence-corrected chi connectivity index (χ3v) is 2.03. The standard InChI is InChI=1S/C8H14N4O4/c1-10-6-7(12(15)16)8(9-10)11(2-4-13)3-5-14/h6,13-14H,2-5H2,1H3. The molecule has 0 spiro atoms. The summed E-state index contributed by atoms with van der Waals surface area (Å²) in [5.74, 6) is 0.163. The summed E-state index contributed by atoms with van der Waals surface area (Å²) in [4.78, 5) is 11.7. The van der Waals surface area contributed by atoms with Crippen LogP contribution in [0.2, 0.25) is 0 Å². The Hall–Kier alpha value is -1.67. The second-order valence-corrected chi connectivity index (χ2v) is 3.20. The van der Waals surface area contributed by atoms with Crippen molar-refractivity contribution in [1.29, 1.82) is 0 Å². The zero-order valence-electron chi connectivity index (χ0n) is 8.91. The van der Waals surface area contributed by atoms with Crippen LogP contribution in [-0.2, 0) is 7.05 Å². The maximum atomic E-state index is 10.7. The number of aliphatic hydroxyl groups excluding tert-OH is 2. The van der Waals surface area contributed by atoms with Gasteiger partial charge in [-0.3, -0.25) is 14.8 Å². The van der Waals surface area contributed by atoms with Crippen LogP contribution in [0.5, 0.6) is 0 Å². The third-order valence-electron chi connectivity index (χ3n) is 2.03. The van der Waals surface area contributed by atoms with Crippen LogP contribution < -0.4 is 4.90 Å². The Balaban J connectivity index is 3.01. The molecule has 0 unspecified atom stereocenters. The third kappa shape index (κ3) is 2.67. The second kappa shape index (κ2) is 5.42. The van der Waals surface area contributed by atoms with Crippen molar-refractivity contribution in [3.05, 3.63) is 16.3 Å². The molecule has 1 heterocycles. The van der Waals surface area contributed by atoms with Gasteiger partial charge < -0.3 is 15.1 Å². The fourth-order valence-electron chi connectivity index (χ4n) is 1.38. The number of aromatic nitrogens is 2. The Kier molecular flexibility index (Phi) is 4.20. The van der Waals surface area contributed by atoms with Gasteiger partial charge in [-0.25, -0.2) is 0 Å². The van der Waals surface area contributed by atoms with Crippen LogP contribution in [0.15, 0.2) is 6.20 Å². The zero-order valence-corrected chi connectivity index (χ0v) is 8.91. The van der Waals surface area contributed by atoms with E-state index >= 15 is 0 Å². The molecule has 0 aromatic carbocycles. The Morgan fingerprint density at radius 3 is 2.50 bits per heavy atom. The molecular weight excluding hydrogens is 216 g/mol. The summed E-state index contributed by atoms with van der Waals surface area (Å²) in [5, 5.41) is 32.4. The molecule has 0 saturated carbocycles. The number of hydrogen-bond acceptors (Lipinski definition) is 6. The molecule has 0 atom stereocenters. The highest BCUT2D eigenvalue weighted by Gasteiger charge is 2.23. The molecule has 0 bridgehead atoms. The first kappa shape index (κ1) is 12.4. The van der Waals surface area contributed by atoms with Crippen LogP contribution in [0.3, 0.4) is 0 Å². The molecule has 0 aliphatic carbocycles. The molecule has 2 N–H and O–H groups in total. The Labute approximate surface area is 91.9 Å². The van der Waals surface area contributed by atoms with Gasteiger partial charge in [-0.05, 0) is 0 Å². The summed E-state index contributed by atoms with van der Waals surface area (Å²) in [6.07, 6.45) is 1.29. The number of aryl methyl sites for hydroxylation is 1. The first-order valence-electron chi connectivity index (χ1n) is 4.74. The Bertz CT molecular complexity index is 359. The molecule has 0 fully saturated rings. The van der Waals surface area contributed by atoms with Crippen molar-refractivity contribution in [1.82, 2.24) is 9.78 Å². The number of nitrogens with zero attached hydrogens (tertiary/aromatic N) is 4. The Morgan fingerprint density at radius 2 is 2.06 bits per heavy atom. The van der Waals surface area contributed by atoms with Gasteiger partial charge in [-0.1, -0.05) is 0 Å². The average Bonchev–Trinajstić information content (AvgIpc) is 2.60. The molecule has 1 aromatic rings. The van der Waals surface area contributed by atoms with Gasteiger partial charge in [0.25, 0.3) is 0 Å². The Morgan fingerprint density at radius 1 is 1.50 bits per heavy atom. The lowest BCUT2D eigenvalue weighted by Gasteiger charge is -2.18. The normalized spacial score (nSPS) is 10.4. The van der Waals surface area contributed by atoms with E-state index in [1.165, 1.54) is 15.8 Å². The van der Waals surface area contributed by atoms with Crippen molar-refractivity contribution in [2.45, 2.75) is 0 Å². The maximum Gasteiger partial charge on any atom is 0.330 e. The van der Waals surface area contributed by atoms with Crippen LogP contribution in [-0.4, -0.2) is 51.2 Å². The highest BCUT2D eigenvalue weighted by atomic mass is 16.6. The number of nitro groups is 1. The van der Waals surface area contributed by atoms with E-state index in [4.69, 9.17) is 10.2 Å². The van der Waals surface area contributed by atoms with Gasteiger partial charge in [-0.2, -0.15) is 0 Å². The molecule has 0 amide bonds. The fourth-order valence-corrected chi connectivity index (χ4v) is 1.38. The number of hydrogen-bond donors (Lipinski definition) is 2. The minimum absolute atomic E-state index is 0.135. The predicted octanol–water partition coefficient (Wildman–Crippen LogP) is -0.881. The van der Waals surface area contributed by atoms with Crippen molar-refractivity contribution in [3.63, 3.8) is 0 Å². The van der Waals surface area contributed by atoms with Crippen LogP contribution in [0, 0.1) is 10.1 Å². The molecule has 0 aliphatic rings. The van der Waals surface area contributed by atoms with Crippen molar-refractivity contribution in [2.75, 3.05) is 31.2 Å². The summed E-state index contributed by atoms with van der Waals surface area (Å²) >= 11 is 0. The largest absolute Gasteiger partial charge is 0.395 e. The fraction of sp³-hybridized carbons (Fsp3) is 0.625. The van der Waals surface area contributed by atoms with Gasteiger partial charge in [0.05, 0.1) is 18.1 Å². The summed E-state index contributed by atoms with van der Waals surface area (Å²) < 4.78 is 1.33. The quantitative estimate of drug-likeness (QED) is 0.485. The molecule has 16 heavy (non-hydrogen) atoms. The lowest BCUT2D eigenvalue weighted by molar-refractivity contribution is -0.384. The highest BCUT2D eigenvalue weighted by Crippen LogP contribution is 2.25. The molecule has 1 aromatic heterocycles. The van der Waals surface area contributed by atoms with Crippen molar-refractivity contribution < 1.29 is 15.1 Å². The van der Waals surface area contributed by atoms with Gasteiger partial charge in [-0.15, -0.1) is 5.10 Å². The average molecular weight is 230 g/mol. The van der Waals surface area contributed by atoms with Crippen molar-refractivity contribution in [3.8, 4) is 0 Å². The van der Waals surface area contributed by atoms with E-state index in [9.17, 15) is 10.1 Å².